The van der Waals surface area contributed by atoms with E-state index in [0.29, 0.717) is 10.6 Å². The van der Waals surface area contributed by atoms with Gasteiger partial charge in [0.25, 0.3) is 0 Å². The first-order valence-electron chi connectivity index (χ1n) is 3.43. The summed E-state index contributed by atoms with van der Waals surface area (Å²) in [5.74, 6) is 0.132. The number of halogens is 1. The third-order valence-corrected chi connectivity index (χ3v) is 1.70. The number of methoxy groups -OCH3 is 1. The minimum absolute atomic E-state index is 0.107. The highest BCUT2D eigenvalue weighted by Gasteiger charge is 2.07. The van der Waals surface area contributed by atoms with Gasteiger partial charge in [-0.1, -0.05) is 16.8 Å². The predicted molar refractivity (Wildman–Crippen MR) is 49.0 cm³/mol. The van der Waals surface area contributed by atoms with E-state index in [1.54, 1.807) is 0 Å². The zero-order chi connectivity index (χ0) is 9.84. The van der Waals surface area contributed by atoms with Gasteiger partial charge in [-0.05, 0) is 6.07 Å². The van der Waals surface area contributed by atoms with Crippen LogP contribution < -0.4 is 4.74 Å². The summed E-state index contributed by atoms with van der Waals surface area (Å²) < 4.78 is 4.84. The number of nitrogens with zero attached hydrogens (tertiary/aromatic N) is 1. The van der Waals surface area contributed by atoms with Crippen LogP contribution >= 0.6 is 11.6 Å². The molecule has 0 amide bonds. The van der Waals surface area contributed by atoms with Gasteiger partial charge in [-0.2, -0.15) is 0 Å². The minimum Gasteiger partial charge on any atom is -0.504 e. The molecule has 2 N–H and O–H groups in total. The van der Waals surface area contributed by atoms with E-state index in [4.69, 9.17) is 21.5 Å². The van der Waals surface area contributed by atoms with Crippen LogP contribution in [-0.4, -0.2) is 23.6 Å². The van der Waals surface area contributed by atoms with Crippen molar-refractivity contribution in [1.82, 2.24) is 0 Å². The average molecular weight is 202 g/mol. The van der Waals surface area contributed by atoms with Gasteiger partial charge in [0.2, 0.25) is 0 Å². The van der Waals surface area contributed by atoms with Crippen LogP contribution in [0, 0.1) is 0 Å². The molecule has 0 aliphatic carbocycles. The second-order valence-electron chi connectivity index (χ2n) is 2.29. The summed E-state index contributed by atoms with van der Waals surface area (Å²) in [7, 11) is 1.41. The molecule has 0 heterocycles. The molecule has 0 atom stereocenters. The van der Waals surface area contributed by atoms with E-state index >= 15 is 0 Å². The lowest BCUT2D eigenvalue weighted by molar-refractivity contribution is 0.321. The molecule has 4 nitrogen and oxygen atoms in total. The van der Waals surface area contributed by atoms with Crippen LogP contribution in [0.15, 0.2) is 17.3 Å². The molecule has 0 bridgehead atoms. The van der Waals surface area contributed by atoms with Crippen LogP contribution in [-0.2, 0) is 0 Å². The van der Waals surface area contributed by atoms with Gasteiger partial charge in [-0.3, -0.25) is 0 Å². The Labute approximate surface area is 80.0 Å². The first kappa shape index (κ1) is 9.67. The van der Waals surface area contributed by atoms with Gasteiger partial charge in [0.1, 0.15) is 0 Å². The molecule has 0 unspecified atom stereocenters. The summed E-state index contributed by atoms with van der Waals surface area (Å²) in [6.45, 7) is 0. The topological polar surface area (TPSA) is 62.0 Å². The second kappa shape index (κ2) is 4.00. The molecule has 0 aliphatic heterocycles. The first-order valence-corrected chi connectivity index (χ1v) is 3.80. The van der Waals surface area contributed by atoms with Crippen molar-refractivity contribution >= 4 is 17.8 Å². The van der Waals surface area contributed by atoms with E-state index in [1.807, 2.05) is 0 Å². The largest absolute Gasteiger partial charge is 0.504 e. The van der Waals surface area contributed by atoms with Gasteiger partial charge < -0.3 is 15.1 Å². The van der Waals surface area contributed by atoms with Gasteiger partial charge in [0, 0.05) is 16.7 Å². The summed E-state index contributed by atoms with van der Waals surface area (Å²) >= 11 is 5.70. The molecule has 0 saturated heterocycles. The minimum atomic E-state index is -0.107. The summed E-state index contributed by atoms with van der Waals surface area (Å²) in [4.78, 5) is 0. The summed E-state index contributed by atoms with van der Waals surface area (Å²) in [6, 6.07) is 2.92. The average Bonchev–Trinajstić information content (AvgIpc) is 2.11. The van der Waals surface area contributed by atoms with Crippen molar-refractivity contribution in [2.45, 2.75) is 0 Å². The molecule has 70 valence electrons. The molecule has 13 heavy (non-hydrogen) atoms. The molecule has 0 radical (unpaired) electrons. The van der Waals surface area contributed by atoms with Crippen LogP contribution in [0.5, 0.6) is 11.5 Å². The maximum atomic E-state index is 9.46. The van der Waals surface area contributed by atoms with Crippen LogP contribution in [0.25, 0.3) is 0 Å². The standard InChI is InChI=1S/C8H8ClNO3/c1-13-7-3-6(9)2-5(4-10-12)8(7)11/h2-4,11-12H,1H3/b10-4-. The Bertz CT molecular complexity index is 338. The molecule has 1 rings (SSSR count). The Morgan fingerprint density at radius 3 is 2.77 bits per heavy atom. The van der Waals surface area contributed by atoms with Crippen LogP contribution in [0.1, 0.15) is 5.56 Å². The number of hydrogen-bond acceptors (Lipinski definition) is 4. The Morgan fingerprint density at radius 1 is 1.54 bits per heavy atom. The first-order chi connectivity index (χ1) is 6.19. The van der Waals surface area contributed by atoms with Gasteiger partial charge in [0.15, 0.2) is 11.5 Å². The lowest BCUT2D eigenvalue weighted by Gasteiger charge is -2.05. The fourth-order valence-corrected chi connectivity index (χ4v) is 1.13. The van der Waals surface area contributed by atoms with Crippen LogP contribution in [0.2, 0.25) is 5.02 Å². The zero-order valence-corrected chi connectivity index (χ0v) is 7.62. The van der Waals surface area contributed by atoms with Gasteiger partial charge in [-0.25, -0.2) is 0 Å². The number of ether oxygens (including phenoxy) is 1. The number of benzene rings is 1. The quantitative estimate of drug-likeness (QED) is 0.436. The molecular weight excluding hydrogens is 194 g/mol. The highest BCUT2D eigenvalue weighted by Crippen LogP contribution is 2.32. The van der Waals surface area contributed by atoms with Crippen LogP contribution in [0.3, 0.4) is 0 Å². The Morgan fingerprint density at radius 2 is 2.23 bits per heavy atom. The lowest BCUT2D eigenvalue weighted by Crippen LogP contribution is -1.89. The van der Waals surface area contributed by atoms with E-state index in [-0.39, 0.29) is 11.5 Å². The molecule has 0 aromatic heterocycles. The van der Waals surface area contributed by atoms with Gasteiger partial charge >= 0.3 is 0 Å². The van der Waals surface area contributed by atoms with Crippen molar-refractivity contribution in [3.63, 3.8) is 0 Å². The highest BCUT2D eigenvalue weighted by molar-refractivity contribution is 6.31. The van der Waals surface area contributed by atoms with Gasteiger partial charge in [-0.15, -0.1) is 0 Å². The van der Waals surface area contributed by atoms with E-state index < -0.39 is 0 Å². The maximum absolute atomic E-state index is 9.46. The molecule has 0 aliphatic rings. The maximum Gasteiger partial charge on any atom is 0.166 e. The Balaban J connectivity index is 3.26. The van der Waals surface area contributed by atoms with Crippen molar-refractivity contribution in [1.29, 1.82) is 0 Å². The Hall–Kier alpha value is -1.42. The number of phenolic OH excluding ortho intramolecular Hbond substituents is 1. The SMILES string of the molecule is COc1cc(Cl)cc(/C=N\O)c1O. The lowest BCUT2D eigenvalue weighted by atomic mass is 10.2. The van der Waals surface area contributed by atoms with E-state index in [0.717, 1.165) is 6.21 Å². The molecular formula is C8H8ClNO3. The number of aromatic hydroxyl groups is 1. The predicted octanol–water partition coefficient (Wildman–Crippen LogP) is 1.86. The number of hydrogen-bond donors (Lipinski definition) is 2. The van der Waals surface area contributed by atoms with E-state index in [9.17, 15) is 5.11 Å². The number of oxime groups is 1. The second-order valence-corrected chi connectivity index (χ2v) is 2.73. The van der Waals surface area contributed by atoms with Gasteiger partial charge in [0.05, 0.1) is 13.3 Å². The van der Waals surface area contributed by atoms with E-state index in [2.05, 4.69) is 5.16 Å². The van der Waals surface area contributed by atoms with Crippen molar-refractivity contribution in [3.8, 4) is 11.5 Å². The molecule has 0 fully saturated rings. The number of rotatable bonds is 2. The molecule has 5 heteroatoms. The van der Waals surface area contributed by atoms with E-state index in [1.165, 1.54) is 19.2 Å². The highest BCUT2D eigenvalue weighted by atomic mass is 35.5. The van der Waals surface area contributed by atoms with Crippen molar-refractivity contribution in [2.24, 2.45) is 5.16 Å². The molecule has 1 aromatic carbocycles. The summed E-state index contributed by atoms with van der Waals surface area (Å²) in [5.41, 5.74) is 0.298. The van der Waals surface area contributed by atoms with Crippen molar-refractivity contribution < 1.29 is 15.1 Å². The van der Waals surface area contributed by atoms with Crippen molar-refractivity contribution in [3.05, 3.63) is 22.7 Å². The third-order valence-electron chi connectivity index (χ3n) is 1.49. The third kappa shape index (κ3) is 2.03. The fraction of sp³-hybridized carbons (Fsp3) is 0.125. The monoisotopic (exact) mass is 201 g/mol. The summed E-state index contributed by atoms with van der Waals surface area (Å²) in [5, 5.41) is 20.9. The molecule has 1 aromatic rings. The molecule has 0 saturated carbocycles. The normalized spacial score (nSPS) is 10.6. The number of phenols is 1. The smallest absolute Gasteiger partial charge is 0.166 e. The van der Waals surface area contributed by atoms with Crippen molar-refractivity contribution in [2.75, 3.05) is 7.11 Å². The zero-order valence-electron chi connectivity index (χ0n) is 6.86. The van der Waals surface area contributed by atoms with Crippen LogP contribution in [0.4, 0.5) is 0 Å². The molecule has 0 spiro atoms. The fourth-order valence-electron chi connectivity index (χ4n) is 0.911. The Kier molecular flexibility index (Phi) is 2.97. The summed E-state index contributed by atoms with van der Waals surface area (Å²) in [6.07, 6.45) is 1.07.